The van der Waals surface area contributed by atoms with Crippen LogP contribution < -0.4 is 11.1 Å². The molecule has 0 aliphatic rings. The smallest absolute Gasteiger partial charge is 0.325 e. The number of pyridine rings is 1. The molecule has 1 atom stereocenters. The highest BCUT2D eigenvalue weighted by Crippen LogP contribution is 2.35. The average Bonchev–Trinajstić information content (AvgIpc) is 3.49. The zero-order chi connectivity index (χ0) is 27.9. The summed E-state index contributed by atoms with van der Waals surface area (Å²) in [7, 11) is -4.05. The summed E-state index contributed by atoms with van der Waals surface area (Å²) in [6.45, 7) is 3.67. The van der Waals surface area contributed by atoms with Gasteiger partial charge in [0.2, 0.25) is 9.84 Å². The topological polar surface area (TPSA) is 111 Å². The van der Waals surface area contributed by atoms with Crippen molar-refractivity contribution in [2.45, 2.75) is 30.0 Å². The summed E-state index contributed by atoms with van der Waals surface area (Å²) in [4.78, 5) is 14.6. The number of carbonyl (C=O) groups is 1. The fourth-order valence-corrected chi connectivity index (χ4v) is 6.81. The molecule has 2 aromatic heterocycles. The molecule has 0 aliphatic carbocycles. The van der Waals surface area contributed by atoms with Gasteiger partial charge >= 0.3 is 5.97 Å². The third-order valence-corrected chi connectivity index (χ3v) is 9.09. The van der Waals surface area contributed by atoms with E-state index in [0.29, 0.717) is 5.82 Å². The Hall–Kier alpha value is -3.97. The number of nitrogens with one attached hydrogen (secondary N) is 1. The minimum atomic E-state index is -4.05. The second kappa shape index (κ2) is 12.3. The van der Waals surface area contributed by atoms with Gasteiger partial charge < -0.3 is 15.8 Å². The van der Waals surface area contributed by atoms with Crippen molar-refractivity contribution in [3.05, 3.63) is 100 Å². The first-order valence-electron chi connectivity index (χ1n) is 12.3. The summed E-state index contributed by atoms with van der Waals surface area (Å²) in [5, 5.41) is 6.15. The van der Waals surface area contributed by atoms with Gasteiger partial charge in [-0.3, -0.25) is 4.79 Å². The Morgan fingerprint density at radius 3 is 2.54 bits per heavy atom. The number of rotatable bonds is 10. The zero-order valence-corrected chi connectivity index (χ0v) is 23.3. The SMILES string of the molecule is CC#Cc1cccc(-c2ccc(CC(N)(c3cccc(NCC(=O)OCC)n3)S(=O)(=O)c3ccsc3)cc2)c1. The predicted octanol–water partition coefficient (Wildman–Crippen LogP) is 4.98. The molecule has 4 aromatic rings. The van der Waals surface area contributed by atoms with Crippen LogP contribution in [0.25, 0.3) is 11.1 Å². The number of thiophene rings is 1. The molecule has 200 valence electrons. The molecular weight excluding hydrogens is 530 g/mol. The van der Waals surface area contributed by atoms with Crippen molar-refractivity contribution in [3.63, 3.8) is 0 Å². The number of hydrogen-bond acceptors (Lipinski definition) is 8. The van der Waals surface area contributed by atoms with Crippen LogP contribution in [-0.2, 0) is 30.7 Å². The van der Waals surface area contributed by atoms with Crippen LogP contribution in [0.3, 0.4) is 0 Å². The number of carbonyl (C=O) groups excluding carboxylic acids is 1. The molecule has 4 rings (SSSR count). The molecule has 39 heavy (non-hydrogen) atoms. The highest BCUT2D eigenvalue weighted by Gasteiger charge is 2.44. The molecule has 0 amide bonds. The molecule has 2 aromatic carbocycles. The Balaban J connectivity index is 1.69. The number of hydrogen-bond donors (Lipinski definition) is 2. The fourth-order valence-electron chi connectivity index (χ4n) is 4.12. The lowest BCUT2D eigenvalue weighted by Gasteiger charge is -2.29. The van der Waals surface area contributed by atoms with Crippen LogP contribution in [0.1, 0.15) is 30.7 Å². The summed E-state index contributed by atoms with van der Waals surface area (Å²) >= 11 is 1.28. The number of anilines is 1. The molecule has 7 nitrogen and oxygen atoms in total. The summed E-state index contributed by atoms with van der Waals surface area (Å²) in [6.07, 6.45) is -0.0128. The quantitative estimate of drug-likeness (QED) is 0.208. The first-order valence-corrected chi connectivity index (χ1v) is 14.7. The summed E-state index contributed by atoms with van der Waals surface area (Å²) < 4.78 is 32.8. The molecular formula is C30H29N3O4S2. The minimum Gasteiger partial charge on any atom is -0.465 e. The lowest BCUT2D eigenvalue weighted by molar-refractivity contribution is -0.140. The maximum atomic E-state index is 13.9. The average molecular weight is 560 g/mol. The predicted molar refractivity (Wildman–Crippen MR) is 155 cm³/mol. The van der Waals surface area contributed by atoms with Crippen molar-refractivity contribution in [2.75, 3.05) is 18.5 Å². The maximum Gasteiger partial charge on any atom is 0.325 e. The Kier molecular flexibility index (Phi) is 8.82. The molecule has 0 radical (unpaired) electrons. The number of ether oxygens (including phenoxy) is 1. The maximum absolute atomic E-state index is 13.9. The van der Waals surface area contributed by atoms with Gasteiger partial charge in [-0.05, 0) is 66.2 Å². The Morgan fingerprint density at radius 1 is 1.08 bits per heavy atom. The largest absolute Gasteiger partial charge is 0.465 e. The molecule has 0 fully saturated rings. The van der Waals surface area contributed by atoms with Crippen LogP contribution in [0.5, 0.6) is 0 Å². The standard InChI is InChI=1S/C30H29N3O4S2/c1-3-7-22-8-5-9-25(18-22)24-14-12-23(13-15-24)19-30(31,39(35,36)26-16-17-38-21-26)27-10-6-11-28(33-27)32-20-29(34)37-4-2/h5-6,8-18,21H,4,19-20,31H2,1-2H3,(H,32,33). The lowest BCUT2D eigenvalue weighted by Crippen LogP contribution is -2.47. The van der Waals surface area contributed by atoms with Gasteiger partial charge in [0.1, 0.15) is 12.4 Å². The van der Waals surface area contributed by atoms with Gasteiger partial charge in [0.05, 0.1) is 17.2 Å². The van der Waals surface area contributed by atoms with E-state index in [2.05, 4.69) is 22.1 Å². The number of esters is 1. The van der Waals surface area contributed by atoms with E-state index in [9.17, 15) is 13.2 Å². The monoisotopic (exact) mass is 559 g/mol. The Labute approximate surface area is 233 Å². The molecule has 1 unspecified atom stereocenters. The molecule has 3 N–H and O–H groups in total. The van der Waals surface area contributed by atoms with E-state index in [4.69, 9.17) is 10.5 Å². The van der Waals surface area contributed by atoms with E-state index in [1.54, 1.807) is 48.9 Å². The van der Waals surface area contributed by atoms with Crippen LogP contribution >= 0.6 is 11.3 Å². The summed E-state index contributed by atoms with van der Waals surface area (Å²) in [5.41, 5.74) is 10.6. The second-order valence-electron chi connectivity index (χ2n) is 8.75. The van der Waals surface area contributed by atoms with Gasteiger partial charge in [0, 0.05) is 17.4 Å². The van der Waals surface area contributed by atoms with Gasteiger partial charge in [0.15, 0.2) is 4.87 Å². The third-order valence-electron chi connectivity index (χ3n) is 6.07. The fraction of sp³-hybridized carbons (Fsp3) is 0.200. The third kappa shape index (κ3) is 6.37. The van der Waals surface area contributed by atoms with Crippen molar-refractivity contribution >= 4 is 33.0 Å². The van der Waals surface area contributed by atoms with Crippen molar-refractivity contribution in [2.24, 2.45) is 5.73 Å². The highest BCUT2D eigenvalue weighted by molar-refractivity contribution is 7.92. The molecule has 2 heterocycles. The number of aromatic nitrogens is 1. The van der Waals surface area contributed by atoms with Crippen molar-refractivity contribution in [1.29, 1.82) is 0 Å². The van der Waals surface area contributed by atoms with Gasteiger partial charge in [0.25, 0.3) is 0 Å². The van der Waals surface area contributed by atoms with Crippen molar-refractivity contribution < 1.29 is 17.9 Å². The Bertz CT molecular complexity index is 1610. The number of nitrogens with zero attached hydrogens (tertiary/aromatic N) is 1. The number of sulfone groups is 1. The lowest BCUT2D eigenvalue weighted by atomic mass is 9.98. The molecule has 0 bridgehead atoms. The molecule has 0 saturated carbocycles. The minimum absolute atomic E-state index is 0.0128. The summed E-state index contributed by atoms with van der Waals surface area (Å²) in [6, 6.07) is 22.0. The van der Waals surface area contributed by atoms with Gasteiger partial charge in [-0.15, -0.1) is 5.92 Å². The van der Waals surface area contributed by atoms with E-state index in [1.165, 1.54) is 11.3 Å². The van der Waals surface area contributed by atoms with E-state index >= 15 is 0 Å². The van der Waals surface area contributed by atoms with E-state index in [1.807, 2.05) is 48.5 Å². The Morgan fingerprint density at radius 2 is 1.85 bits per heavy atom. The zero-order valence-electron chi connectivity index (χ0n) is 21.7. The van der Waals surface area contributed by atoms with Crippen LogP contribution in [0.4, 0.5) is 5.82 Å². The van der Waals surface area contributed by atoms with Crippen LogP contribution in [0.15, 0.2) is 88.5 Å². The number of benzene rings is 2. The van der Waals surface area contributed by atoms with Gasteiger partial charge in [-0.25, -0.2) is 13.4 Å². The molecule has 9 heteroatoms. The van der Waals surface area contributed by atoms with E-state index in [-0.39, 0.29) is 30.2 Å². The van der Waals surface area contributed by atoms with Gasteiger partial charge in [-0.2, -0.15) is 11.3 Å². The van der Waals surface area contributed by atoms with E-state index < -0.39 is 20.7 Å². The van der Waals surface area contributed by atoms with Gasteiger partial charge in [-0.1, -0.05) is 48.4 Å². The first-order chi connectivity index (χ1) is 18.8. The van der Waals surface area contributed by atoms with Crippen LogP contribution in [0.2, 0.25) is 0 Å². The number of nitrogens with two attached hydrogens (primary N) is 1. The first kappa shape index (κ1) is 28.0. The molecule has 0 aliphatic heterocycles. The molecule has 0 saturated heterocycles. The van der Waals surface area contributed by atoms with Crippen LogP contribution in [0, 0.1) is 11.8 Å². The van der Waals surface area contributed by atoms with E-state index in [0.717, 1.165) is 22.3 Å². The highest BCUT2D eigenvalue weighted by atomic mass is 32.2. The molecule has 0 spiro atoms. The van der Waals surface area contributed by atoms with Crippen molar-refractivity contribution in [1.82, 2.24) is 4.98 Å². The second-order valence-corrected chi connectivity index (χ2v) is 11.7. The van der Waals surface area contributed by atoms with Crippen LogP contribution in [-0.4, -0.2) is 32.5 Å². The summed E-state index contributed by atoms with van der Waals surface area (Å²) in [5.74, 6) is 5.85. The van der Waals surface area contributed by atoms with Crippen molar-refractivity contribution in [3.8, 4) is 23.0 Å². The normalized spacial score (nSPS) is 12.6.